The van der Waals surface area contributed by atoms with Crippen LogP contribution in [0.2, 0.25) is 0 Å². The molecule has 2 heterocycles. The second-order valence-electron chi connectivity index (χ2n) is 5.69. The number of carbonyl (C=O) groups excluding carboxylic acids is 2. The lowest BCUT2D eigenvalue weighted by atomic mass is 9.92. The van der Waals surface area contributed by atoms with Crippen molar-refractivity contribution in [2.45, 2.75) is 6.54 Å². The van der Waals surface area contributed by atoms with E-state index < -0.39 is 11.7 Å². The summed E-state index contributed by atoms with van der Waals surface area (Å²) in [5.74, 6) is -0.911. The molecule has 1 aliphatic heterocycles. The van der Waals surface area contributed by atoms with Gasteiger partial charge in [-0.25, -0.2) is 9.37 Å². The van der Waals surface area contributed by atoms with Gasteiger partial charge in [0, 0.05) is 35.6 Å². The van der Waals surface area contributed by atoms with Crippen LogP contribution in [0.1, 0.15) is 26.3 Å². The zero-order valence-electron chi connectivity index (χ0n) is 13.0. The van der Waals surface area contributed by atoms with Crippen LogP contribution in [0, 0.1) is 5.82 Å². The molecule has 4 N–H and O–H groups in total. The highest BCUT2D eigenvalue weighted by Crippen LogP contribution is 2.36. The predicted molar refractivity (Wildman–Crippen MR) is 89.1 cm³/mol. The molecule has 4 rings (SSSR count). The Balaban J connectivity index is 1.91. The number of aromatic amines is 1. The molecule has 1 aromatic heterocycles. The maximum atomic E-state index is 14.5. The molecule has 0 bridgehead atoms. The van der Waals surface area contributed by atoms with Gasteiger partial charge < -0.3 is 16.0 Å². The second-order valence-corrected chi connectivity index (χ2v) is 5.69. The van der Waals surface area contributed by atoms with Gasteiger partial charge in [-0.2, -0.15) is 0 Å². The number of nitrogens with zero attached hydrogens (tertiary/aromatic N) is 1. The highest BCUT2D eigenvalue weighted by Gasteiger charge is 2.28. The van der Waals surface area contributed by atoms with Gasteiger partial charge in [0.1, 0.15) is 11.6 Å². The Bertz CT molecular complexity index is 1010. The van der Waals surface area contributed by atoms with Gasteiger partial charge in [0.2, 0.25) is 5.91 Å². The quantitative estimate of drug-likeness (QED) is 0.683. The SMILES string of the molecule is NC(=O)c1ccc(-c2ccc(-c3ncc[nH]3)c3c2CNC3=O)c(F)c1. The molecular weight excluding hydrogens is 323 g/mol. The molecule has 6 nitrogen and oxygen atoms in total. The van der Waals surface area contributed by atoms with Crippen molar-refractivity contribution in [2.24, 2.45) is 5.73 Å². The molecule has 2 aromatic carbocycles. The number of nitrogens with two attached hydrogens (primary N) is 1. The molecule has 0 saturated carbocycles. The summed E-state index contributed by atoms with van der Waals surface area (Å²) in [6, 6.07) is 7.56. The van der Waals surface area contributed by atoms with Crippen molar-refractivity contribution in [3.8, 4) is 22.5 Å². The fraction of sp³-hybridized carbons (Fsp3) is 0.0556. The summed E-state index contributed by atoms with van der Waals surface area (Å²) in [6.07, 6.45) is 3.27. The van der Waals surface area contributed by atoms with Crippen molar-refractivity contribution in [1.29, 1.82) is 0 Å². The van der Waals surface area contributed by atoms with Crippen molar-refractivity contribution in [1.82, 2.24) is 15.3 Å². The summed E-state index contributed by atoms with van der Waals surface area (Å²) in [4.78, 5) is 30.6. The average molecular weight is 336 g/mol. The van der Waals surface area contributed by atoms with Crippen LogP contribution in [0.5, 0.6) is 0 Å². The van der Waals surface area contributed by atoms with E-state index in [0.717, 1.165) is 6.07 Å². The summed E-state index contributed by atoms with van der Waals surface area (Å²) < 4.78 is 14.5. The molecule has 0 spiro atoms. The third-order valence-electron chi connectivity index (χ3n) is 4.26. The average Bonchev–Trinajstić information content (AvgIpc) is 3.25. The van der Waals surface area contributed by atoms with Crippen LogP contribution < -0.4 is 11.1 Å². The lowest BCUT2D eigenvalue weighted by molar-refractivity contribution is 0.0964. The fourth-order valence-corrected chi connectivity index (χ4v) is 3.10. The molecule has 0 unspecified atom stereocenters. The van der Waals surface area contributed by atoms with E-state index in [0.29, 0.717) is 40.2 Å². The summed E-state index contributed by atoms with van der Waals surface area (Å²) in [5.41, 5.74) is 8.02. The maximum absolute atomic E-state index is 14.5. The Labute approximate surface area is 141 Å². The second kappa shape index (κ2) is 5.55. The summed E-state index contributed by atoms with van der Waals surface area (Å²) in [7, 11) is 0. The number of imidazole rings is 1. The molecule has 124 valence electrons. The van der Waals surface area contributed by atoms with Gasteiger partial charge in [-0.05, 0) is 29.3 Å². The summed E-state index contributed by atoms with van der Waals surface area (Å²) in [6.45, 7) is 0.301. The van der Waals surface area contributed by atoms with E-state index >= 15 is 0 Å². The van der Waals surface area contributed by atoms with Crippen LogP contribution >= 0.6 is 0 Å². The Kier molecular flexibility index (Phi) is 3.35. The van der Waals surface area contributed by atoms with Gasteiger partial charge in [-0.1, -0.05) is 12.1 Å². The zero-order valence-corrected chi connectivity index (χ0v) is 13.0. The topological polar surface area (TPSA) is 101 Å². The van der Waals surface area contributed by atoms with Gasteiger partial charge in [-0.15, -0.1) is 0 Å². The van der Waals surface area contributed by atoms with Gasteiger partial charge in [0.05, 0.1) is 5.56 Å². The standard InChI is InChI=1S/C18H13FN4O2/c19-14-7-9(16(20)24)1-2-11(14)10-3-4-12(17-21-5-6-22-17)15-13(10)8-23-18(15)25/h1-7H,8H2,(H2,20,24)(H,21,22)(H,23,25). The molecule has 0 atom stereocenters. The molecule has 0 saturated heterocycles. The minimum atomic E-state index is -0.694. The Morgan fingerprint density at radius 3 is 2.60 bits per heavy atom. The zero-order chi connectivity index (χ0) is 17.6. The first-order chi connectivity index (χ1) is 12.1. The smallest absolute Gasteiger partial charge is 0.252 e. The lowest BCUT2D eigenvalue weighted by Gasteiger charge is -2.12. The van der Waals surface area contributed by atoms with Gasteiger partial charge in [-0.3, -0.25) is 9.59 Å². The molecule has 25 heavy (non-hydrogen) atoms. The highest BCUT2D eigenvalue weighted by molar-refractivity contribution is 6.06. The molecule has 2 amide bonds. The first kappa shape index (κ1) is 15.1. The molecule has 1 aliphatic rings. The van der Waals surface area contributed by atoms with Crippen molar-refractivity contribution < 1.29 is 14.0 Å². The number of benzene rings is 2. The number of aromatic nitrogens is 2. The molecule has 0 aliphatic carbocycles. The third kappa shape index (κ3) is 2.37. The van der Waals surface area contributed by atoms with E-state index in [1.165, 1.54) is 12.1 Å². The normalized spacial score (nSPS) is 12.8. The van der Waals surface area contributed by atoms with Crippen LogP contribution in [0.3, 0.4) is 0 Å². The molecule has 3 aromatic rings. The number of hydrogen-bond acceptors (Lipinski definition) is 3. The number of H-pyrrole nitrogens is 1. The summed E-state index contributed by atoms with van der Waals surface area (Å²) >= 11 is 0. The Morgan fingerprint density at radius 2 is 1.92 bits per heavy atom. The van der Waals surface area contributed by atoms with Crippen molar-refractivity contribution in [3.63, 3.8) is 0 Å². The van der Waals surface area contributed by atoms with Gasteiger partial charge in [0.25, 0.3) is 5.91 Å². The van der Waals surface area contributed by atoms with E-state index in [4.69, 9.17) is 5.73 Å². The van der Waals surface area contributed by atoms with Gasteiger partial charge >= 0.3 is 0 Å². The van der Waals surface area contributed by atoms with Crippen molar-refractivity contribution in [2.75, 3.05) is 0 Å². The van der Waals surface area contributed by atoms with Crippen molar-refractivity contribution in [3.05, 3.63) is 65.2 Å². The largest absolute Gasteiger partial charge is 0.366 e. The van der Waals surface area contributed by atoms with Crippen molar-refractivity contribution >= 4 is 11.8 Å². The minimum Gasteiger partial charge on any atom is -0.366 e. The molecule has 0 fully saturated rings. The number of amides is 2. The van der Waals surface area contributed by atoms with Crippen LogP contribution in [0.15, 0.2) is 42.7 Å². The first-order valence-corrected chi connectivity index (χ1v) is 7.60. The van der Waals surface area contributed by atoms with E-state index in [9.17, 15) is 14.0 Å². The third-order valence-corrected chi connectivity index (χ3v) is 4.26. The lowest BCUT2D eigenvalue weighted by Crippen LogP contribution is -2.13. The Hall–Kier alpha value is -3.48. The highest BCUT2D eigenvalue weighted by atomic mass is 19.1. The monoisotopic (exact) mass is 336 g/mol. The van der Waals surface area contributed by atoms with Crippen LogP contribution in [0.4, 0.5) is 4.39 Å². The van der Waals surface area contributed by atoms with E-state index in [2.05, 4.69) is 15.3 Å². The number of primary amides is 1. The number of halogens is 1. The van der Waals surface area contributed by atoms with Crippen LogP contribution in [-0.4, -0.2) is 21.8 Å². The molecule has 7 heteroatoms. The fourth-order valence-electron chi connectivity index (χ4n) is 3.10. The predicted octanol–water partition coefficient (Wildman–Crippen LogP) is 2.23. The summed E-state index contributed by atoms with van der Waals surface area (Å²) in [5, 5.41) is 2.77. The molecule has 0 radical (unpaired) electrons. The van der Waals surface area contributed by atoms with E-state index in [1.54, 1.807) is 24.5 Å². The van der Waals surface area contributed by atoms with E-state index in [-0.39, 0.29) is 11.5 Å². The first-order valence-electron chi connectivity index (χ1n) is 7.60. The van der Waals surface area contributed by atoms with Crippen LogP contribution in [-0.2, 0) is 6.54 Å². The number of nitrogens with one attached hydrogen (secondary N) is 2. The number of rotatable bonds is 3. The van der Waals surface area contributed by atoms with Crippen LogP contribution in [0.25, 0.3) is 22.5 Å². The minimum absolute atomic E-state index is 0.0966. The number of carbonyl (C=O) groups is 2. The number of fused-ring (bicyclic) bond motifs is 1. The molecular formula is C18H13FN4O2. The van der Waals surface area contributed by atoms with Gasteiger partial charge in [0.15, 0.2) is 0 Å². The maximum Gasteiger partial charge on any atom is 0.252 e. The Morgan fingerprint density at radius 1 is 1.16 bits per heavy atom. The van der Waals surface area contributed by atoms with E-state index in [1.807, 2.05) is 0 Å². The number of hydrogen-bond donors (Lipinski definition) is 3.